The molecule has 0 amide bonds. The van der Waals surface area contributed by atoms with Gasteiger partial charge in [-0.3, -0.25) is 19.5 Å². The molecule has 4 heterocycles. The summed E-state index contributed by atoms with van der Waals surface area (Å²) in [7, 11) is 3.45. The van der Waals surface area contributed by atoms with Crippen molar-refractivity contribution in [3.8, 4) is 62.8 Å². The van der Waals surface area contributed by atoms with Crippen LogP contribution in [-0.4, -0.2) is 158 Å². The highest BCUT2D eigenvalue weighted by atomic mass is 79.9. The number of nitrogens with one attached hydrogen (secondary N) is 1. The summed E-state index contributed by atoms with van der Waals surface area (Å²) in [4.78, 5) is 71.9. The Balaban J connectivity index is 0.000000212. The van der Waals surface area contributed by atoms with Crippen LogP contribution in [0, 0.1) is 4.77 Å². The van der Waals surface area contributed by atoms with Gasteiger partial charge >= 0.3 is 11.9 Å². The van der Waals surface area contributed by atoms with Crippen LogP contribution in [0.4, 0.5) is 28.4 Å². The summed E-state index contributed by atoms with van der Waals surface area (Å²) in [6.07, 6.45) is 0. The third kappa shape index (κ3) is 29.0. The van der Waals surface area contributed by atoms with Gasteiger partial charge in [0.05, 0.1) is 26.0 Å². The van der Waals surface area contributed by atoms with Crippen LogP contribution in [0.5, 0.6) is 5.75 Å². The van der Waals surface area contributed by atoms with E-state index in [0.29, 0.717) is 43.6 Å². The number of H-pyrrole nitrogens is 1. The number of carbonyl (C=O) groups excluding carboxylic acids is 3. The third-order valence-corrected chi connectivity index (χ3v) is 20.8. The Kier molecular flexibility index (Phi) is 39.3. The number of benzene rings is 7. The average Bonchev–Trinajstić information content (AvgIpc) is 0.980. The van der Waals surface area contributed by atoms with E-state index in [0.717, 1.165) is 97.4 Å². The van der Waals surface area contributed by atoms with Crippen molar-refractivity contribution in [2.24, 2.45) is 7.05 Å². The quantitative estimate of drug-likeness (QED) is 0.0218. The molecule has 0 atom stereocenters. The minimum atomic E-state index is -2.00. The summed E-state index contributed by atoms with van der Waals surface area (Å²) in [5.41, 5.74) is 10.7. The average molecular weight is 1960 g/mol. The van der Waals surface area contributed by atoms with E-state index in [1.54, 1.807) is 63.4 Å². The molecule has 0 radical (unpaired) electrons. The standard InChI is InChI=1S/C22H28N4O.C21H28N2O.C19H17BrCl6N4O4.C12H7Cl6N3O.C9H9N3S/c1-5-25(6-2)19-13-9-17(10-14-19)21-23-24-22(27-21)18-11-15-20(16-12-18)26(7-3)8-4;1-5-22(6-2)19-13-9-17(10-14-19)21(24)18-11-15-20(16-12-18)23(7-3)8-4;1-3-33-13(31)8-30(9-14(32)34-4-2)12-6-5-10(7-11(12)20)15-27-16(18(21,22)23)29-17(28-15)19(24,25)26;1-22-7-4-2-6(3-5-7)8-19-9(11(13,14)15)21-10(20-8)12(16,17)18;1-12-8(10-11-9(12)13)7-5-3-2-4-6-7/h9-16H,5-8H2,1-4H3;9-16H,5-8H2,1-4H3;5-7H,3-4,8-9H2,1-2H3;2-5H,1H3;2-6H,1H3,(H,11,13). The molecule has 0 aliphatic rings. The van der Waals surface area contributed by atoms with E-state index in [9.17, 15) is 14.4 Å². The molecule has 1 N–H and O–H groups in total. The van der Waals surface area contributed by atoms with Crippen LogP contribution in [0.15, 0.2) is 179 Å². The summed E-state index contributed by atoms with van der Waals surface area (Å²) < 4.78 is 16.2. The van der Waals surface area contributed by atoms with E-state index >= 15 is 0 Å². The van der Waals surface area contributed by atoms with E-state index in [-0.39, 0.29) is 67.0 Å². The highest BCUT2D eigenvalue weighted by Gasteiger charge is 2.36. The van der Waals surface area contributed by atoms with Crippen molar-refractivity contribution in [2.45, 2.75) is 84.4 Å². The SMILES string of the molecule is CCN(CC)c1ccc(-c2nnc(-c3ccc(N(CC)CC)cc3)o2)cc1.CCN(CC)c1ccc(C(=O)c2ccc(N(CC)CC)cc2)cc1.CCOC(=O)CN(CC(=O)OCC)c1ccc(-c2nc(C(Cl)(Cl)Cl)nc(C(Cl)(Cl)Cl)n2)cc1Br.COc1ccc(-c2nc(C(Cl)(Cl)Cl)nc(C(Cl)(Cl)Cl)n2)cc1.Cn1c(-c2ccccc2)n[nH]c1=S. The molecule has 0 unspecified atom stereocenters. The van der Waals surface area contributed by atoms with Gasteiger partial charge in [-0.25, -0.2) is 29.9 Å². The Bertz CT molecular complexity index is 4910. The van der Waals surface area contributed by atoms with Crippen LogP contribution in [0.25, 0.3) is 57.1 Å². The highest BCUT2D eigenvalue weighted by Crippen LogP contribution is 2.44. The zero-order valence-corrected chi connectivity index (χ0v) is 79.0. The second-order valence-corrected chi connectivity index (χ2v) is 35.7. The van der Waals surface area contributed by atoms with Crippen molar-refractivity contribution in [2.75, 3.05) is 110 Å². The van der Waals surface area contributed by atoms with Gasteiger partial charge in [-0.05, 0) is 237 Å². The molecule has 0 spiro atoms. The third-order valence-electron chi connectivity index (χ3n) is 17.8. The Labute approximate surface area is 772 Å². The number of ether oxygens (including phenoxy) is 3. The van der Waals surface area contributed by atoms with Crippen LogP contribution in [0.3, 0.4) is 0 Å². The molecule has 37 heteroatoms. The van der Waals surface area contributed by atoms with Crippen molar-refractivity contribution in [3.05, 3.63) is 214 Å². The molecule has 11 rings (SSSR count). The predicted molar refractivity (Wildman–Crippen MR) is 497 cm³/mol. The number of aromatic amines is 1. The number of anilines is 5. The van der Waals surface area contributed by atoms with Crippen LogP contribution in [0.1, 0.15) is 108 Å². The molecule has 640 valence electrons. The number of ketones is 1. The number of aromatic nitrogens is 11. The van der Waals surface area contributed by atoms with Gasteiger partial charge in [0.25, 0.3) is 0 Å². The van der Waals surface area contributed by atoms with Crippen molar-refractivity contribution < 1.29 is 33.0 Å². The van der Waals surface area contributed by atoms with E-state index < -0.39 is 27.1 Å². The molecule has 0 saturated carbocycles. The van der Waals surface area contributed by atoms with Crippen molar-refractivity contribution in [1.29, 1.82) is 0 Å². The smallest absolute Gasteiger partial charge is 0.325 e. The molecule has 7 aromatic carbocycles. The summed E-state index contributed by atoms with van der Waals surface area (Å²) in [6.45, 7) is 28.4. The maximum atomic E-state index is 12.7. The van der Waals surface area contributed by atoms with Crippen LogP contribution >= 0.6 is 167 Å². The largest absolute Gasteiger partial charge is 0.497 e. The summed E-state index contributed by atoms with van der Waals surface area (Å²) in [5, 5.41) is 15.3. The number of rotatable bonds is 27. The Morgan fingerprint density at radius 1 is 0.433 bits per heavy atom. The van der Waals surface area contributed by atoms with Gasteiger partial charge in [0.15, 0.2) is 51.3 Å². The summed E-state index contributed by atoms with van der Waals surface area (Å²) in [6, 6.07) is 54.1. The van der Waals surface area contributed by atoms with Gasteiger partial charge in [0.1, 0.15) is 18.8 Å². The van der Waals surface area contributed by atoms with Crippen molar-refractivity contribution >= 4 is 214 Å². The fourth-order valence-corrected chi connectivity index (χ4v) is 13.3. The number of hydrogen-bond donors (Lipinski definition) is 1. The maximum Gasteiger partial charge on any atom is 0.325 e. The van der Waals surface area contributed by atoms with Gasteiger partial charge in [0, 0.05) is 126 Å². The van der Waals surface area contributed by atoms with E-state index in [2.05, 4.69) is 165 Å². The van der Waals surface area contributed by atoms with Crippen LogP contribution in [0.2, 0.25) is 0 Å². The number of esters is 2. The van der Waals surface area contributed by atoms with Gasteiger partial charge in [-0.15, -0.1) is 10.2 Å². The summed E-state index contributed by atoms with van der Waals surface area (Å²) in [5.74, 6) is 1.18. The molecule has 4 aromatic heterocycles. The lowest BCUT2D eigenvalue weighted by molar-refractivity contribution is -0.142. The molecule has 23 nitrogen and oxygen atoms in total. The predicted octanol–water partition coefficient (Wildman–Crippen LogP) is 22.9. The highest BCUT2D eigenvalue weighted by molar-refractivity contribution is 9.10. The second kappa shape index (κ2) is 47.3. The first-order valence-electron chi connectivity index (χ1n) is 37.8. The molecule has 11 aromatic rings. The Morgan fingerprint density at radius 3 is 1.07 bits per heavy atom. The first-order chi connectivity index (χ1) is 57.0. The zero-order valence-electron chi connectivity index (χ0n) is 67.5. The fourth-order valence-electron chi connectivity index (χ4n) is 11.6. The molecule has 0 aliphatic heterocycles. The topological polar surface area (TPSA) is 245 Å². The van der Waals surface area contributed by atoms with Gasteiger partial charge in [-0.1, -0.05) is 170 Å². The fraction of sp³-hybridized carbons (Fsp3) is 0.337. The molecule has 0 aliphatic carbocycles. The van der Waals surface area contributed by atoms with Crippen molar-refractivity contribution in [1.82, 2.24) is 54.9 Å². The molecular weight excluding hydrogens is 1870 g/mol. The number of hydrogen-bond acceptors (Lipinski definition) is 22. The Morgan fingerprint density at radius 2 is 0.767 bits per heavy atom. The van der Waals surface area contributed by atoms with Gasteiger partial charge in [-0.2, -0.15) is 5.10 Å². The normalized spacial score (nSPS) is 11.2. The van der Waals surface area contributed by atoms with E-state index in [1.165, 1.54) is 16.3 Å². The van der Waals surface area contributed by atoms with Gasteiger partial charge < -0.3 is 47.7 Å². The minimum Gasteiger partial charge on any atom is -0.497 e. The zero-order chi connectivity index (χ0) is 88.2. The molecule has 120 heavy (non-hydrogen) atoms. The lowest BCUT2D eigenvalue weighted by atomic mass is 10.0. The number of nitrogens with zero attached hydrogens (tertiary/aromatic N) is 15. The van der Waals surface area contributed by atoms with E-state index in [4.69, 9.17) is 170 Å². The summed E-state index contributed by atoms with van der Waals surface area (Å²) >= 11 is 79.0. The lowest BCUT2D eigenvalue weighted by Crippen LogP contribution is -2.36. The van der Waals surface area contributed by atoms with E-state index in [1.807, 2.05) is 115 Å². The van der Waals surface area contributed by atoms with Crippen molar-refractivity contribution in [3.63, 3.8) is 0 Å². The molecule has 0 fully saturated rings. The number of carbonyl (C=O) groups is 3. The Hall–Kier alpha value is -7.57. The first kappa shape index (κ1) is 99.5. The first-order valence-corrected chi connectivity index (χ1v) is 43.5. The number of methoxy groups -OCH3 is 1. The number of alkyl halides is 12. The van der Waals surface area contributed by atoms with Crippen LogP contribution < -0.4 is 29.2 Å². The lowest BCUT2D eigenvalue weighted by Gasteiger charge is -2.24. The molecule has 0 saturated heterocycles. The monoisotopic (exact) mass is 1950 g/mol. The van der Waals surface area contributed by atoms with Gasteiger partial charge in [0.2, 0.25) is 27.0 Å². The van der Waals surface area contributed by atoms with Crippen LogP contribution in [-0.2, 0) is 41.3 Å². The number of halogens is 13. The maximum absolute atomic E-state index is 12.7. The molecular formula is C83H89BrCl12N16O7S. The molecule has 0 bridgehead atoms. The second-order valence-electron chi connectivity index (χ2n) is 25.4. The minimum absolute atomic E-state index is 0.0623.